The molecule has 0 aromatic carbocycles. The number of fused-ring (bicyclic) bond motifs is 4. The van der Waals surface area contributed by atoms with Crippen LogP contribution in [-0.4, -0.2) is 47.7 Å². The van der Waals surface area contributed by atoms with Gasteiger partial charge in [-0.1, -0.05) is 0 Å². The molecular formula is C9H16N2O2. The summed E-state index contributed by atoms with van der Waals surface area (Å²) in [6.45, 7) is 1.70. The van der Waals surface area contributed by atoms with Crippen molar-refractivity contribution in [2.24, 2.45) is 0 Å². The summed E-state index contributed by atoms with van der Waals surface area (Å²) in [6.07, 6.45) is 2.52. The third-order valence-electron chi connectivity index (χ3n) is 3.50. The molecule has 0 radical (unpaired) electrons. The lowest BCUT2D eigenvalue weighted by atomic mass is 9.84. The number of carbonyl (C=O) groups is 1. The van der Waals surface area contributed by atoms with Crippen molar-refractivity contribution in [2.75, 3.05) is 20.1 Å². The molecule has 0 aromatic rings. The maximum absolute atomic E-state index is 11.2. The molecule has 0 aromatic heterocycles. The van der Waals surface area contributed by atoms with Gasteiger partial charge in [0.1, 0.15) is 5.54 Å². The Morgan fingerprint density at radius 1 is 1.62 bits per heavy atom. The lowest BCUT2D eigenvalue weighted by Crippen LogP contribution is -2.57. The van der Waals surface area contributed by atoms with E-state index in [0.29, 0.717) is 6.04 Å². The van der Waals surface area contributed by atoms with Gasteiger partial charge in [0.2, 0.25) is 0 Å². The highest BCUT2D eigenvalue weighted by molar-refractivity contribution is 5.79. The molecule has 4 heteroatoms. The Balaban J connectivity index is 2.28. The molecule has 3 fully saturated rings. The SMILES string of the molecule is CN1CC2CCC1(C(=O)O)CCN2. The maximum atomic E-state index is 11.2. The van der Waals surface area contributed by atoms with Crippen LogP contribution in [0.15, 0.2) is 0 Å². The Hall–Kier alpha value is -0.610. The Morgan fingerprint density at radius 2 is 2.38 bits per heavy atom. The minimum atomic E-state index is -0.655. The fraction of sp³-hybridized carbons (Fsp3) is 0.889. The van der Waals surface area contributed by atoms with Crippen LogP contribution in [0.3, 0.4) is 0 Å². The zero-order valence-electron chi connectivity index (χ0n) is 7.92. The molecular weight excluding hydrogens is 168 g/mol. The second-order valence-corrected chi connectivity index (χ2v) is 4.16. The van der Waals surface area contributed by atoms with E-state index < -0.39 is 11.5 Å². The quantitative estimate of drug-likeness (QED) is 0.597. The third-order valence-corrected chi connectivity index (χ3v) is 3.50. The van der Waals surface area contributed by atoms with E-state index in [0.717, 1.165) is 32.4 Å². The molecule has 3 heterocycles. The van der Waals surface area contributed by atoms with Gasteiger partial charge in [0.15, 0.2) is 0 Å². The van der Waals surface area contributed by atoms with Gasteiger partial charge in [-0.25, -0.2) is 0 Å². The fourth-order valence-electron chi connectivity index (χ4n) is 2.54. The number of hydrogen-bond acceptors (Lipinski definition) is 3. The highest BCUT2D eigenvalue weighted by Gasteiger charge is 2.47. The Morgan fingerprint density at radius 3 is 3.00 bits per heavy atom. The molecule has 74 valence electrons. The number of aliphatic carboxylic acids is 1. The summed E-state index contributed by atoms with van der Waals surface area (Å²) in [5.41, 5.74) is -0.583. The summed E-state index contributed by atoms with van der Waals surface area (Å²) in [6, 6.07) is 0.500. The molecule has 2 atom stereocenters. The average molecular weight is 184 g/mol. The van der Waals surface area contributed by atoms with Gasteiger partial charge in [-0.05, 0) is 32.9 Å². The van der Waals surface area contributed by atoms with Gasteiger partial charge in [0.05, 0.1) is 0 Å². The van der Waals surface area contributed by atoms with Gasteiger partial charge in [-0.15, -0.1) is 0 Å². The number of hydrogen-bond donors (Lipinski definition) is 2. The van der Waals surface area contributed by atoms with Crippen molar-refractivity contribution in [1.82, 2.24) is 10.2 Å². The van der Waals surface area contributed by atoms with Gasteiger partial charge in [-0.3, -0.25) is 9.69 Å². The molecule has 2 unspecified atom stereocenters. The highest BCUT2D eigenvalue weighted by Crippen LogP contribution is 2.32. The maximum Gasteiger partial charge on any atom is 0.324 e. The van der Waals surface area contributed by atoms with E-state index in [1.165, 1.54) is 0 Å². The van der Waals surface area contributed by atoms with Crippen LogP contribution in [0.5, 0.6) is 0 Å². The number of rotatable bonds is 1. The molecule has 3 aliphatic rings. The molecule has 0 amide bonds. The van der Waals surface area contributed by atoms with Crippen molar-refractivity contribution in [3.63, 3.8) is 0 Å². The van der Waals surface area contributed by atoms with E-state index in [2.05, 4.69) is 5.32 Å². The third kappa shape index (κ3) is 1.25. The predicted octanol–water partition coefficient (Wildman–Crippen LogP) is -0.103. The van der Waals surface area contributed by atoms with Crippen LogP contribution in [-0.2, 0) is 4.79 Å². The van der Waals surface area contributed by atoms with E-state index >= 15 is 0 Å². The van der Waals surface area contributed by atoms with E-state index in [1.807, 2.05) is 11.9 Å². The molecule has 3 aliphatic heterocycles. The molecule has 2 bridgehead atoms. The van der Waals surface area contributed by atoms with Crippen LogP contribution < -0.4 is 5.32 Å². The van der Waals surface area contributed by atoms with Crippen LogP contribution in [0.25, 0.3) is 0 Å². The summed E-state index contributed by atoms with van der Waals surface area (Å²) in [5.74, 6) is -0.655. The van der Waals surface area contributed by atoms with Crippen molar-refractivity contribution >= 4 is 5.97 Å². The normalized spacial score (nSPS) is 40.2. The van der Waals surface area contributed by atoms with Crippen molar-refractivity contribution in [3.8, 4) is 0 Å². The van der Waals surface area contributed by atoms with Crippen molar-refractivity contribution in [2.45, 2.75) is 30.8 Å². The minimum Gasteiger partial charge on any atom is -0.480 e. The first-order valence-electron chi connectivity index (χ1n) is 4.83. The minimum absolute atomic E-state index is 0.500. The summed E-state index contributed by atoms with van der Waals surface area (Å²) in [5, 5.41) is 12.6. The number of piperidine rings is 1. The molecule has 2 N–H and O–H groups in total. The van der Waals surface area contributed by atoms with Gasteiger partial charge in [0, 0.05) is 12.6 Å². The summed E-state index contributed by atoms with van der Waals surface area (Å²) >= 11 is 0. The predicted molar refractivity (Wildman–Crippen MR) is 48.6 cm³/mol. The zero-order chi connectivity index (χ0) is 9.47. The van der Waals surface area contributed by atoms with Gasteiger partial charge >= 0.3 is 5.97 Å². The van der Waals surface area contributed by atoms with E-state index in [-0.39, 0.29) is 0 Å². The van der Waals surface area contributed by atoms with Crippen LogP contribution >= 0.6 is 0 Å². The largest absolute Gasteiger partial charge is 0.480 e. The zero-order valence-corrected chi connectivity index (χ0v) is 7.92. The van der Waals surface area contributed by atoms with E-state index in [9.17, 15) is 9.90 Å². The second-order valence-electron chi connectivity index (χ2n) is 4.16. The van der Waals surface area contributed by atoms with Gasteiger partial charge < -0.3 is 10.4 Å². The highest BCUT2D eigenvalue weighted by atomic mass is 16.4. The fourth-order valence-corrected chi connectivity index (χ4v) is 2.54. The number of likely N-dealkylation sites (N-methyl/N-ethyl adjacent to an activating group) is 1. The smallest absolute Gasteiger partial charge is 0.324 e. The molecule has 3 rings (SSSR count). The summed E-state index contributed by atoms with van der Waals surface area (Å²) in [4.78, 5) is 13.2. The second kappa shape index (κ2) is 2.96. The Kier molecular flexibility index (Phi) is 2.04. The van der Waals surface area contributed by atoms with E-state index in [4.69, 9.17) is 0 Å². The topological polar surface area (TPSA) is 52.6 Å². The number of carboxylic acids is 1. The molecule has 3 saturated heterocycles. The molecule has 0 spiro atoms. The molecule has 4 nitrogen and oxygen atoms in total. The molecule has 0 aliphatic carbocycles. The summed E-state index contributed by atoms with van der Waals surface area (Å²) in [7, 11) is 1.92. The van der Waals surface area contributed by atoms with Crippen molar-refractivity contribution < 1.29 is 9.90 Å². The molecule has 0 saturated carbocycles. The number of carboxylic acid groups (broad SMARTS) is 1. The number of nitrogens with zero attached hydrogens (tertiary/aromatic N) is 1. The van der Waals surface area contributed by atoms with Crippen LogP contribution in [0.4, 0.5) is 0 Å². The first kappa shape index (κ1) is 8.97. The van der Waals surface area contributed by atoms with Crippen molar-refractivity contribution in [1.29, 1.82) is 0 Å². The summed E-state index contributed by atoms with van der Waals surface area (Å²) < 4.78 is 0. The molecule has 13 heavy (non-hydrogen) atoms. The van der Waals surface area contributed by atoms with E-state index in [1.54, 1.807) is 0 Å². The Bertz CT molecular complexity index is 228. The Labute approximate surface area is 77.9 Å². The van der Waals surface area contributed by atoms with Crippen LogP contribution in [0.2, 0.25) is 0 Å². The first-order valence-corrected chi connectivity index (χ1v) is 4.83. The van der Waals surface area contributed by atoms with Crippen LogP contribution in [0, 0.1) is 0 Å². The lowest BCUT2D eigenvalue weighted by Gasteiger charge is -2.41. The first-order chi connectivity index (χ1) is 6.15. The van der Waals surface area contributed by atoms with Gasteiger partial charge in [0.25, 0.3) is 0 Å². The van der Waals surface area contributed by atoms with Gasteiger partial charge in [-0.2, -0.15) is 0 Å². The van der Waals surface area contributed by atoms with Crippen LogP contribution in [0.1, 0.15) is 19.3 Å². The average Bonchev–Trinajstić information content (AvgIpc) is 2.35. The monoisotopic (exact) mass is 184 g/mol. The number of nitrogens with one attached hydrogen (secondary N) is 1. The standard InChI is InChI=1S/C9H16N2O2/c1-11-6-7-2-3-9(11,8(12)13)4-5-10-7/h7,10H,2-6H2,1H3,(H,12,13). The lowest BCUT2D eigenvalue weighted by molar-refractivity contribution is -0.152. The van der Waals surface area contributed by atoms with Crippen molar-refractivity contribution in [3.05, 3.63) is 0 Å².